The van der Waals surface area contributed by atoms with Crippen molar-refractivity contribution in [3.05, 3.63) is 12.4 Å². The van der Waals surface area contributed by atoms with Crippen molar-refractivity contribution in [2.45, 2.75) is 4.90 Å². The smallest absolute Gasteiger partial charge is 0.316 e. The number of hydrogen-bond donors (Lipinski definition) is 1. The SMILES string of the molecule is COc1ncc(S(C)(=N)=O)cn1. The second-order valence-electron chi connectivity index (χ2n) is 2.25. The molecule has 0 amide bonds. The van der Waals surface area contributed by atoms with Crippen molar-refractivity contribution < 1.29 is 8.95 Å². The molecule has 1 heterocycles. The highest BCUT2D eigenvalue weighted by atomic mass is 32.2. The van der Waals surface area contributed by atoms with Crippen molar-refractivity contribution in [2.75, 3.05) is 13.4 Å². The van der Waals surface area contributed by atoms with Crippen LogP contribution in [0.2, 0.25) is 0 Å². The van der Waals surface area contributed by atoms with Crippen LogP contribution >= 0.6 is 0 Å². The summed E-state index contributed by atoms with van der Waals surface area (Å²) < 4.78 is 23.0. The summed E-state index contributed by atoms with van der Waals surface area (Å²) in [7, 11) is -1.26. The summed E-state index contributed by atoms with van der Waals surface area (Å²) in [6.45, 7) is 0. The maximum Gasteiger partial charge on any atom is 0.316 e. The van der Waals surface area contributed by atoms with Crippen LogP contribution in [0.4, 0.5) is 0 Å². The molecule has 12 heavy (non-hydrogen) atoms. The molecule has 1 atom stereocenters. The van der Waals surface area contributed by atoms with E-state index in [4.69, 9.17) is 9.52 Å². The molecular weight excluding hydrogens is 178 g/mol. The quantitative estimate of drug-likeness (QED) is 0.732. The van der Waals surface area contributed by atoms with Crippen LogP contribution < -0.4 is 4.74 Å². The minimum absolute atomic E-state index is 0.211. The summed E-state index contributed by atoms with van der Waals surface area (Å²) >= 11 is 0. The van der Waals surface area contributed by atoms with Gasteiger partial charge < -0.3 is 4.74 Å². The molecule has 1 aromatic heterocycles. The molecule has 1 N–H and O–H groups in total. The third kappa shape index (κ3) is 1.91. The fourth-order valence-corrected chi connectivity index (χ4v) is 1.12. The Hall–Kier alpha value is -1.17. The highest BCUT2D eigenvalue weighted by Gasteiger charge is 2.03. The molecule has 1 unspecified atom stereocenters. The molecule has 0 spiro atoms. The van der Waals surface area contributed by atoms with E-state index in [1.165, 1.54) is 25.8 Å². The third-order valence-corrected chi connectivity index (χ3v) is 2.35. The van der Waals surface area contributed by atoms with Gasteiger partial charge in [0.2, 0.25) is 0 Å². The van der Waals surface area contributed by atoms with Crippen molar-refractivity contribution in [1.29, 1.82) is 4.78 Å². The number of ether oxygens (including phenoxy) is 1. The van der Waals surface area contributed by atoms with Gasteiger partial charge in [0.15, 0.2) is 0 Å². The number of aromatic nitrogens is 2. The van der Waals surface area contributed by atoms with E-state index in [1.54, 1.807) is 0 Å². The summed E-state index contributed by atoms with van der Waals surface area (Å²) in [5.41, 5.74) is 0. The molecule has 0 radical (unpaired) electrons. The van der Waals surface area contributed by atoms with Crippen LogP contribution in [0.25, 0.3) is 0 Å². The fourth-order valence-electron chi connectivity index (χ4n) is 0.611. The maximum absolute atomic E-state index is 11.1. The minimum atomic E-state index is -2.71. The second kappa shape index (κ2) is 3.06. The molecule has 1 aromatic rings. The van der Waals surface area contributed by atoms with Crippen LogP contribution in [-0.2, 0) is 9.73 Å². The molecule has 0 aliphatic carbocycles. The number of methoxy groups -OCH3 is 1. The first-order valence-electron chi connectivity index (χ1n) is 3.14. The second-order valence-corrected chi connectivity index (χ2v) is 4.41. The molecule has 1 rings (SSSR count). The van der Waals surface area contributed by atoms with E-state index >= 15 is 0 Å². The molecule has 6 heteroatoms. The van der Waals surface area contributed by atoms with Gasteiger partial charge in [-0.25, -0.2) is 19.0 Å². The van der Waals surface area contributed by atoms with Gasteiger partial charge in [-0.15, -0.1) is 0 Å². The Bertz CT molecular complexity index is 357. The van der Waals surface area contributed by atoms with Crippen molar-refractivity contribution in [1.82, 2.24) is 9.97 Å². The van der Waals surface area contributed by atoms with Gasteiger partial charge in [0, 0.05) is 6.26 Å². The van der Waals surface area contributed by atoms with E-state index in [-0.39, 0.29) is 6.01 Å². The zero-order valence-electron chi connectivity index (χ0n) is 6.77. The standard InChI is InChI=1S/C6H9N3O2S/c1-11-6-8-3-5(4-9-6)12(2,7)10/h3-4,7H,1-2H3. The molecule has 66 valence electrons. The minimum Gasteiger partial charge on any atom is -0.467 e. The number of hydrogen-bond acceptors (Lipinski definition) is 5. The monoisotopic (exact) mass is 187 g/mol. The highest BCUT2D eigenvalue weighted by molar-refractivity contribution is 7.91. The summed E-state index contributed by atoms with van der Waals surface area (Å²) in [6, 6.07) is 0.211. The Morgan fingerprint density at radius 3 is 2.33 bits per heavy atom. The lowest BCUT2D eigenvalue weighted by Crippen LogP contribution is -1.98. The van der Waals surface area contributed by atoms with Gasteiger partial charge in [-0.1, -0.05) is 0 Å². The highest BCUT2D eigenvalue weighted by Crippen LogP contribution is 2.07. The Kier molecular flexibility index (Phi) is 2.27. The molecule has 0 saturated carbocycles. The maximum atomic E-state index is 11.1. The first-order valence-corrected chi connectivity index (χ1v) is 5.10. The number of nitrogens with zero attached hydrogens (tertiary/aromatic N) is 2. The van der Waals surface area contributed by atoms with E-state index < -0.39 is 9.73 Å². The van der Waals surface area contributed by atoms with Crippen molar-refractivity contribution in [3.8, 4) is 6.01 Å². The Labute approximate surface area is 70.8 Å². The Morgan fingerprint density at radius 1 is 1.50 bits per heavy atom. The zero-order valence-corrected chi connectivity index (χ0v) is 7.59. The molecule has 0 saturated heterocycles. The number of nitrogens with one attached hydrogen (secondary N) is 1. The predicted octanol–water partition coefficient (Wildman–Crippen LogP) is 0.521. The summed E-state index contributed by atoms with van der Waals surface area (Å²) in [4.78, 5) is 7.77. The average molecular weight is 187 g/mol. The van der Waals surface area contributed by atoms with Crippen LogP contribution in [0, 0.1) is 4.78 Å². The van der Waals surface area contributed by atoms with Gasteiger partial charge in [-0.2, -0.15) is 0 Å². The predicted molar refractivity (Wildman–Crippen MR) is 43.6 cm³/mol. The molecule has 0 aliphatic rings. The lowest BCUT2D eigenvalue weighted by atomic mass is 10.7. The molecule has 0 fully saturated rings. The first kappa shape index (κ1) is 8.92. The number of rotatable bonds is 2. The van der Waals surface area contributed by atoms with E-state index in [2.05, 4.69) is 9.97 Å². The van der Waals surface area contributed by atoms with Crippen molar-refractivity contribution >= 4 is 9.73 Å². The largest absolute Gasteiger partial charge is 0.467 e. The topological polar surface area (TPSA) is 75.9 Å². The van der Waals surface area contributed by atoms with Crippen molar-refractivity contribution in [3.63, 3.8) is 0 Å². The van der Waals surface area contributed by atoms with Crippen LogP contribution in [-0.4, -0.2) is 27.5 Å². The average Bonchev–Trinajstić information content (AvgIpc) is 2.03. The molecular formula is C6H9N3O2S. The van der Waals surface area contributed by atoms with E-state index in [9.17, 15) is 4.21 Å². The molecule has 5 nitrogen and oxygen atoms in total. The molecule has 0 aromatic carbocycles. The molecule has 0 bridgehead atoms. The van der Waals surface area contributed by atoms with Gasteiger partial charge in [-0.3, -0.25) is 0 Å². The Balaban J connectivity index is 3.09. The van der Waals surface area contributed by atoms with E-state index in [0.717, 1.165) is 0 Å². The van der Waals surface area contributed by atoms with E-state index in [1.807, 2.05) is 0 Å². The lowest BCUT2D eigenvalue weighted by molar-refractivity contribution is 0.378. The van der Waals surface area contributed by atoms with Crippen LogP contribution in [0.15, 0.2) is 17.3 Å². The van der Waals surface area contributed by atoms with Crippen LogP contribution in [0.1, 0.15) is 0 Å². The zero-order chi connectivity index (χ0) is 9.19. The van der Waals surface area contributed by atoms with Crippen LogP contribution in [0.3, 0.4) is 0 Å². The van der Waals surface area contributed by atoms with Gasteiger partial charge in [0.1, 0.15) is 0 Å². The van der Waals surface area contributed by atoms with Gasteiger partial charge in [0.25, 0.3) is 0 Å². The first-order chi connectivity index (χ1) is 5.54. The Morgan fingerprint density at radius 2 is 2.00 bits per heavy atom. The summed E-state index contributed by atoms with van der Waals surface area (Å²) in [5, 5.41) is 0. The van der Waals surface area contributed by atoms with Gasteiger partial charge in [-0.05, 0) is 0 Å². The normalized spacial score (nSPS) is 15.2. The van der Waals surface area contributed by atoms with Crippen molar-refractivity contribution in [2.24, 2.45) is 0 Å². The fraction of sp³-hybridized carbons (Fsp3) is 0.333. The third-order valence-electron chi connectivity index (χ3n) is 1.24. The van der Waals surface area contributed by atoms with Gasteiger partial charge in [0.05, 0.1) is 34.1 Å². The summed E-state index contributed by atoms with van der Waals surface area (Å²) in [6.07, 6.45) is 3.99. The van der Waals surface area contributed by atoms with Gasteiger partial charge >= 0.3 is 6.01 Å². The molecule has 0 aliphatic heterocycles. The van der Waals surface area contributed by atoms with E-state index in [0.29, 0.717) is 4.90 Å². The summed E-state index contributed by atoms with van der Waals surface area (Å²) in [5.74, 6) is 0. The lowest BCUT2D eigenvalue weighted by Gasteiger charge is -2.00. The van der Waals surface area contributed by atoms with Crippen LogP contribution in [0.5, 0.6) is 6.01 Å².